The summed E-state index contributed by atoms with van der Waals surface area (Å²) in [5, 5.41) is 2.92. The van der Waals surface area contributed by atoms with Crippen molar-refractivity contribution in [3.05, 3.63) is 36.4 Å². The van der Waals surface area contributed by atoms with E-state index in [4.69, 9.17) is 9.47 Å². The van der Waals surface area contributed by atoms with Gasteiger partial charge >= 0.3 is 6.03 Å². The van der Waals surface area contributed by atoms with Gasteiger partial charge in [0.1, 0.15) is 11.9 Å². The molecule has 0 aromatic heterocycles. The Morgan fingerprint density at radius 1 is 1.50 bits per heavy atom. The summed E-state index contributed by atoms with van der Waals surface area (Å²) in [5.74, 6) is 0.678. The fraction of sp³-hybridized carbons (Fsp3) is 0.471. The molecule has 1 aromatic carbocycles. The van der Waals surface area contributed by atoms with Crippen molar-refractivity contribution in [2.45, 2.75) is 26.4 Å². The second-order valence-corrected chi connectivity index (χ2v) is 5.50. The lowest BCUT2D eigenvalue weighted by molar-refractivity contribution is 0.142. The maximum absolute atomic E-state index is 12.4. The summed E-state index contributed by atoms with van der Waals surface area (Å²) in [7, 11) is 0. The van der Waals surface area contributed by atoms with Crippen molar-refractivity contribution in [1.29, 1.82) is 0 Å². The molecule has 1 saturated heterocycles. The van der Waals surface area contributed by atoms with Crippen molar-refractivity contribution in [2.75, 3.05) is 31.6 Å². The first-order valence-electron chi connectivity index (χ1n) is 7.64. The molecular formula is C17H24N2O3. The molecule has 1 atom stereocenters. The largest absolute Gasteiger partial charge is 0.486 e. The van der Waals surface area contributed by atoms with Crippen molar-refractivity contribution < 1.29 is 14.3 Å². The highest BCUT2D eigenvalue weighted by Gasteiger charge is 2.20. The van der Waals surface area contributed by atoms with Crippen LogP contribution in [0.15, 0.2) is 36.4 Å². The molecule has 22 heavy (non-hydrogen) atoms. The van der Waals surface area contributed by atoms with Crippen LogP contribution in [0.2, 0.25) is 0 Å². The number of amides is 2. The zero-order valence-corrected chi connectivity index (χ0v) is 13.3. The number of nitrogens with zero attached hydrogens (tertiary/aromatic N) is 1. The van der Waals surface area contributed by atoms with Gasteiger partial charge in [0, 0.05) is 19.5 Å². The van der Waals surface area contributed by atoms with E-state index in [1.54, 1.807) is 4.90 Å². The van der Waals surface area contributed by atoms with E-state index in [0.29, 0.717) is 31.1 Å². The second-order valence-electron chi connectivity index (χ2n) is 5.50. The van der Waals surface area contributed by atoms with E-state index in [2.05, 4.69) is 11.9 Å². The van der Waals surface area contributed by atoms with Crippen LogP contribution < -0.4 is 10.1 Å². The molecule has 5 heteroatoms. The van der Waals surface area contributed by atoms with Gasteiger partial charge in [0.15, 0.2) is 0 Å². The Morgan fingerprint density at radius 3 is 2.91 bits per heavy atom. The molecule has 0 radical (unpaired) electrons. The molecule has 2 rings (SSSR count). The molecule has 1 aliphatic heterocycles. The summed E-state index contributed by atoms with van der Waals surface area (Å²) < 4.78 is 11.2. The van der Waals surface area contributed by atoms with Gasteiger partial charge in [-0.2, -0.15) is 0 Å². The second kappa shape index (κ2) is 7.84. The number of benzene rings is 1. The summed E-state index contributed by atoms with van der Waals surface area (Å²) in [5.41, 5.74) is 1.63. The Bertz CT molecular complexity index is 524. The summed E-state index contributed by atoms with van der Waals surface area (Å²) in [4.78, 5) is 14.1. The summed E-state index contributed by atoms with van der Waals surface area (Å²) in [6, 6.07) is 7.33. The summed E-state index contributed by atoms with van der Waals surface area (Å²) in [6.45, 7) is 10.2. The van der Waals surface area contributed by atoms with E-state index in [1.165, 1.54) is 0 Å². The van der Waals surface area contributed by atoms with Crippen molar-refractivity contribution in [1.82, 2.24) is 4.90 Å². The topological polar surface area (TPSA) is 50.8 Å². The molecule has 1 aromatic rings. The first-order valence-corrected chi connectivity index (χ1v) is 7.64. The molecule has 5 nitrogen and oxygen atoms in total. The van der Waals surface area contributed by atoms with E-state index in [1.807, 2.05) is 38.1 Å². The van der Waals surface area contributed by atoms with Crippen molar-refractivity contribution in [3.63, 3.8) is 0 Å². The van der Waals surface area contributed by atoms with Crippen molar-refractivity contribution in [3.8, 4) is 5.75 Å². The number of carbonyl (C=O) groups excluding carboxylic acids is 1. The lowest BCUT2D eigenvalue weighted by atomic mass is 10.2. The van der Waals surface area contributed by atoms with Crippen LogP contribution in [-0.2, 0) is 4.74 Å². The molecule has 1 unspecified atom stereocenters. The first-order chi connectivity index (χ1) is 10.6. The zero-order valence-electron chi connectivity index (χ0n) is 13.3. The number of rotatable bonds is 6. The third kappa shape index (κ3) is 4.49. The molecule has 1 aliphatic rings. The van der Waals surface area contributed by atoms with E-state index >= 15 is 0 Å². The minimum Gasteiger partial charge on any atom is -0.486 e. The fourth-order valence-corrected chi connectivity index (χ4v) is 2.31. The lowest BCUT2D eigenvalue weighted by Gasteiger charge is -2.23. The highest BCUT2D eigenvalue weighted by molar-refractivity contribution is 5.91. The number of hydrogen-bond acceptors (Lipinski definition) is 3. The van der Waals surface area contributed by atoms with Gasteiger partial charge in [0.05, 0.1) is 18.9 Å². The minimum absolute atomic E-state index is 0.0516. The number of nitrogens with one attached hydrogen (secondary N) is 1. The van der Waals surface area contributed by atoms with Crippen LogP contribution in [0.1, 0.15) is 20.3 Å². The Hall–Kier alpha value is -2.01. The summed E-state index contributed by atoms with van der Waals surface area (Å²) >= 11 is 0. The number of para-hydroxylation sites is 2. The minimum atomic E-state index is -0.149. The van der Waals surface area contributed by atoms with E-state index in [0.717, 1.165) is 18.6 Å². The number of ether oxygens (including phenoxy) is 2. The molecule has 2 amide bonds. The lowest BCUT2D eigenvalue weighted by Crippen LogP contribution is -2.36. The first kappa shape index (κ1) is 16.4. The smallest absolute Gasteiger partial charge is 0.322 e. The number of hydrogen-bond donors (Lipinski definition) is 1. The molecule has 0 saturated carbocycles. The van der Waals surface area contributed by atoms with Crippen LogP contribution >= 0.6 is 0 Å². The van der Waals surface area contributed by atoms with E-state index in [-0.39, 0.29) is 12.1 Å². The van der Waals surface area contributed by atoms with Gasteiger partial charge in [-0.05, 0) is 26.0 Å². The van der Waals surface area contributed by atoms with Crippen LogP contribution in [-0.4, -0.2) is 43.3 Å². The average molecular weight is 304 g/mol. The predicted octanol–water partition coefficient (Wildman–Crippen LogP) is 3.28. The van der Waals surface area contributed by atoms with E-state index < -0.39 is 0 Å². The fourth-order valence-electron chi connectivity index (χ4n) is 2.31. The third-order valence-corrected chi connectivity index (χ3v) is 3.44. The van der Waals surface area contributed by atoms with Crippen LogP contribution in [0.3, 0.4) is 0 Å². The normalized spacial score (nSPS) is 17.1. The summed E-state index contributed by atoms with van der Waals surface area (Å²) in [6.07, 6.45) is 0.926. The van der Waals surface area contributed by atoms with Crippen LogP contribution in [0.4, 0.5) is 10.5 Å². The predicted molar refractivity (Wildman–Crippen MR) is 87.4 cm³/mol. The number of urea groups is 1. The third-order valence-electron chi connectivity index (χ3n) is 3.44. The Morgan fingerprint density at radius 2 is 2.27 bits per heavy atom. The van der Waals surface area contributed by atoms with Crippen molar-refractivity contribution >= 4 is 11.7 Å². The average Bonchev–Trinajstić information content (AvgIpc) is 2.99. The van der Waals surface area contributed by atoms with Gasteiger partial charge in [-0.1, -0.05) is 24.3 Å². The maximum atomic E-state index is 12.4. The Kier molecular flexibility index (Phi) is 5.83. The van der Waals surface area contributed by atoms with Gasteiger partial charge in [0.25, 0.3) is 0 Å². The van der Waals surface area contributed by atoms with Gasteiger partial charge in [-0.3, -0.25) is 0 Å². The van der Waals surface area contributed by atoms with Gasteiger partial charge < -0.3 is 19.7 Å². The zero-order chi connectivity index (χ0) is 15.9. The van der Waals surface area contributed by atoms with Crippen LogP contribution in [0, 0.1) is 0 Å². The molecule has 120 valence electrons. The highest BCUT2D eigenvalue weighted by Crippen LogP contribution is 2.26. The van der Waals surface area contributed by atoms with Crippen LogP contribution in [0.25, 0.3) is 0 Å². The Balaban J connectivity index is 2.04. The Labute approximate surface area is 131 Å². The molecule has 1 N–H and O–H groups in total. The molecule has 1 fully saturated rings. The van der Waals surface area contributed by atoms with Crippen LogP contribution in [0.5, 0.6) is 5.75 Å². The number of likely N-dealkylation sites (N-methyl/N-ethyl adjacent to an activating group) is 1. The number of carbonyl (C=O) groups is 1. The molecular weight excluding hydrogens is 280 g/mol. The van der Waals surface area contributed by atoms with Crippen molar-refractivity contribution in [2.24, 2.45) is 0 Å². The maximum Gasteiger partial charge on any atom is 0.322 e. The van der Waals surface area contributed by atoms with Gasteiger partial charge in [-0.25, -0.2) is 4.79 Å². The van der Waals surface area contributed by atoms with Gasteiger partial charge in [0.2, 0.25) is 0 Å². The molecule has 1 heterocycles. The number of anilines is 1. The SMILES string of the molecule is C=C(C)CN(CC)C(=O)Nc1ccccc1OC1CCOC1. The molecule has 0 aliphatic carbocycles. The van der Waals surface area contributed by atoms with Gasteiger partial charge in [-0.15, -0.1) is 0 Å². The molecule has 0 spiro atoms. The molecule has 0 bridgehead atoms. The standard InChI is InChI=1S/C17H24N2O3/c1-4-19(11-13(2)3)17(20)18-15-7-5-6-8-16(15)22-14-9-10-21-12-14/h5-8,14H,2,4,9-12H2,1,3H3,(H,18,20). The quantitative estimate of drug-likeness (QED) is 0.821. The monoisotopic (exact) mass is 304 g/mol. The van der Waals surface area contributed by atoms with E-state index in [9.17, 15) is 4.79 Å². The highest BCUT2D eigenvalue weighted by atomic mass is 16.5.